The molecule has 3 aromatic rings. The van der Waals surface area contributed by atoms with E-state index >= 15 is 0 Å². The molecule has 23 heavy (non-hydrogen) atoms. The van der Waals surface area contributed by atoms with Crippen LogP contribution in [0.25, 0.3) is 22.0 Å². The molecule has 3 rings (SSSR count). The lowest BCUT2D eigenvalue weighted by Gasteiger charge is -2.22. The van der Waals surface area contributed by atoms with Crippen LogP contribution >= 0.6 is 0 Å². The Hall–Kier alpha value is -2.46. The van der Waals surface area contributed by atoms with E-state index in [-0.39, 0.29) is 12.0 Å². The number of aliphatic hydroxyl groups excluding tert-OH is 1. The summed E-state index contributed by atoms with van der Waals surface area (Å²) in [6, 6.07) is 18.2. The zero-order chi connectivity index (χ0) is 16.3. The average Bonchev–Trinajstić information content (AvgIpc) is 2.60. The zero-order valence-corrected chi connectivity index (χ0v) is 13.5. The monoisotopic (exact) mass is 307 g/mol. The second-order valence-electron chi connectivity index (χ2n) is 6.48. The highest BCUT2D eigenvalue weighted by molar-refractivity contribution is 5.99. The first-order valence-electron chi connectivity index (χ1n) is 7.76. The topological polar surface area (TPSA) is 58.0 Å². The van der Waals surface area contributed by atoms with Gasteiger partial charge in [0.25, 0.3) is 0 Å². The summed E-state index contributed by atoms with van der Waals surface area (Å²) in [4.78, 5) is 0. The van der Waals surface area contributed by atoms with Gasteiger partial charge in [-0.05, 0) is 0 Å². The third-order valence-corrected chi connectivity index (χ3v) is 3.90. The molecule has 0 aliphatic heterocycles. The molecule has 0 unspecified atom stereocenters. The van der Waals surface area contributed by atoms with Crippen LogP contribution in [-0.2, 0) is 0 Å². The Morgan fingerprint density at radius 2 is 1.57 bits per heavy atom. The Morgan fingerprint density at radius 3 is 2.26 bits per heavy atom. The van der Waals surface area contributed by atoms with Crippen LogP contribution in [-0.4, -0.2) is 28.5 Å². The number of aliphatic hydroxyl groups is 1. The first-order valence-corrected chi connectivity index (χ1v) is 7.76. The maximum atomic E-state index is 9.40. The summed E-state index contributed by atoms with van der Waals surface area (Å²) in [7, 11) is 0. The van der Waals surface area contributed by atoms with Crippen molar-refractivity contribution in [1.82, 2.24) is 10.2 Å². The van der Waals surface area contributed by atoms with Gasteiger partial charge in [-0.3, -0.25) is 0 Å². The van der Waals surface area contributed by atoms with Crippen molar-refractivity contribution in [2.45, 2.75) is 13.8 Å². The number of anilines is 1. The fraction of sp³-hybridized carbons (Fsp3) is 0.263. The first kappa shape index (κ1) is 15.4. The SMILES string of the molecule is CC(C)(CO)CNc1nnc(-c2ccccc2)c2ccccc12. The molecule has 4 heteroatoms. The van der Waals surface area contributed by atoms with Crippen molar-refractivity contribution in [2.24, 2.45) is 5.41 Å². The van der Waals surface area contributed by atoms with E-state index in [9.17, 15) is 5.11 Å². The molecule has 0 spiro atoms. The van der Waals surface area contributed by atoms with Crippen molar-refractivity contribution in [3.63, 3.8) is 0 Å². The summed E-state index contributed by atoms with van der Waals surface area (Å²) in [5, 5.41) is 23.6. The minimum absolute atomic E-state index is 0.119. The molecular formula is C19H21N3O. The number of rotatable bonds is 5. The van der Waals surface area contributed by atoms with E-state index in [0.717, 1.165) is 27.8 Å². The van der Waals surface area contributed by atoms with Crippen molar-refractivity contribution >= 4 is 16.6 Å². The Bertz CT molecular complexity index is 800. The largest absolute Gasteiger partial charge is 0.396 e. The van der Waals surface area contributed by atoms with Gasteiger partial charge in [-0.15, -0.1) is 10.2 Å². The van der Waals surface area contributed by atoms with E-state index in [1.807, 2.05) is 62.4 Å². The van der Waals surface area contributed by atoms with Crippen molar-refractivity contribution in [3.8, 4) is 11.3 Å². The fourth-order valence-electron chi connectivity index (χ4n) is 2.42. The van der Waals surface area contributed by atoms with Gasteiger partial charge < -0.3 is 10.4 Å². The minimum atomic E-state index is -0.207. The van der Waals surface area contributed by atoms with E-state index in [0.29, 0.717) is 6.54 Å². The Balaban J connectivity index is 2.03. The molecule has 0 aliphatic rings. The van der Waals surface area contributed by atoms with E-state index < -0.39 is 0 Å². The number of aromatic nitrogens is 2. The predicted molar refractivity (Wildman–Crippen MR) is 94.3 cm³/mol. The van der Waals surface area contributed by atoms with Crippen LogP contribution < -0.4 is 5.32 Å². The fourth-order valence-corrected chi connectivity index (χ4v) is 2.42. The summed E-state index contributed by atoms with van der Waals surface area (Å²) in [5.74, 6) is 0.752. The van der Waals surface area contributed by atoms with Gasteiger partial charge in [-0.25, -0.2) is 0 Å². The highest BCUT2D eigenvalue weighted by atomic mass is 16.3. The number of nitrogens with one attached hydrogen (secondary N) is 1. The van der Waals surface area contributed by atoms with E-state index in [4.69, 9.17) is 0 Å². The highest BCUT2D eigenvalue weighted by Crippen LogP contribution is 2.29. The van der Waals surface area contributed by atoms with Crippen molar-refractivity contribution < 1.29 is 5.11 Å². The van der Waals surface area contributed by atoms with Gasteiger partial charge in [-0.1, -0.05) is 68.4 Å². The van der Waals surface area contributed by atoms with E-state index in [2.05, 4.69) is 21.6 Å². The van der Waals surface area contributed by atoms with Crippen LogP contribution in [0, 0.1) is 5.41 Å². The molecular weight excluding hydrogens is 286 g/mol. The number of benzene rings is 2. The summed E-state index contributed by atoms with van der Waals surface area (Å²) in [6.45, 7) is 4.77. The quantitative estimate of drug-likeness (QED) is 0.754. The normalized spacial score (nSPS) is 11.6. The summed E-state index contributed by atoms with van der Waals surface area (Å²) < 4.78 is 0. The summed E-state index contributed by atoms with van der Waals surface area (Å²) in [5.41, 5.74) is 1.73. The van der Waals surface area contributed by atoms with Gasteiger partial charge in [0.1, 0.15) is 5.69 Å². The van der Waals surface area contributed by atoms with Crippen LogP contribution in [0.2, 0.25) is 0 Å². The number of fused-ring (bicyclic) bond motifs is 1. The molecule has 0 saturated heterocycles. The molecule has 0 saturated carbocycles. The molecule has 0 aliphatic carbocycles. The smallest absolute Gasteiger partial charge is 0.156 e. The molecule has 0 bridgehead atoms. The third kappa shape index (κ3) is 3.32. The van der Waals surface area contributed by atoms with Gasteiger partial charge in [0.15, 0.2) is 5.82 Å². The molecule has 1 heterocycles. The molecule has 0 radical (unpaired) electrons. The van der Waals surface area contributed by atoms with Gasteiger partial charge in [0.05, 0.1) is 0 Å². The second-order valence-corrected chi connectivity index (χ2v) is 6.48. The molecule has 2 N–H and O–H groups in total. The van der Waals surface area contributed by atoms with Gasteiger partial charge in [-0.2, -0.15) is 0 Å². The van der Waals surface area contributed by atoms with Crippen LogP contribution in [0.3, 0.4) is 0 Å². The minimum Gasteiger partial charge on any atom is -0.396 e. The maximum absolute atomic E-state index is 9.40. The Morgan fingerprint density at radius 1 is 0.913 bits per heavy atom. The van der Waals surface area contributed by atoms with E-state index in [1.54, 1.807) is 0 Å². The highest BCUT2D eigenvalue weighted by Gasteiger charge is 2.17. The summed E-state index contributed by atoms with van der Waals surface area (Å²) >= 11 is 0. The first-order chi connectivity index (χ1) is 11.1. The van der Waals surface area contributed by atoms with Crippen LogP contribution in [0.15, 0.2) is 54.6 Å². The molecule has 2 aromatic carbocycles. The van der Waals surface area contributed by atoms with Gasteiger partial charge in [0, 0.05) is 34.9 Å². The van der Waals surface area contributed by atoms with Gasteiger partial charge >= 0.3 is 0 Å². The van der Waals surface area contributed by atoms with Crippen LogP contribution in [0.5, 0.6) is 0 Å². The molecule has 0 fully saturated rings. The lowest BCUT2D eigenvalue weighted by atomic mass is 9.95. The van der Waals surface area contributed by atoms with E-state index in [1.165, 1.54) is 0 Å². The molecule has 4 nitrogen and oxygen atoms in total. The Kier molecular flexibility index (Phi) is 4.26. The standard InChI is InChI=1S/C19H21N3O/c1-19(2,13-23)12-20-18-16-11-7-6-10-15(16)17(21-22-18)14-8-4-3-5-9-14/h3-11,23H,12-13H2,1-2H3,(H,20,22). The van der Waals surface area contributed by atoms with Crippen LogP contribution in [0.1, 0.15) is 13.8 Å². The Labute approximate surface area is 136 Å². The van der Waals surface area contributed by atoms with Crippen molar-refractivity contribution in [3.05, 3.63) is 54.6 Å². The average molecular weight is 307 g/mol. The maximum Gasteiger partial charge on any atom is 0.156 e. The predicted octanol–water partition coefficient (Wildman–Crippen LogP) is 3.73. The lowest BCUT2D eigenvalue weighted by molar-refractivity contribution is 0.171. The van der Waals surface area contributed by atoms with Gasteiger partial charge in [0.2, 0.25) is 0 Å². The molecule has 0 atom stereocenters. The zero-order valence-electron chi connectivity index (χ0n) is 13.5. The molecule has 118 valence electrons. The number of hydrogen-bond acceptors (Lipinski definition) is 4. The van der Waals surface area contributed by atoms with Crippen molar-refractivity contribution in [1.29, 1.82) is 0 Å². The van der Waals surface area contributed by atoms with Crippen molar-refractivity contribution in [2.75, 3.05) is 18.5 Å². The third-order valence-electron chi connectivity index (χ3n) is 3.90. The number of nitrogens with zero attached hydrogens (tertiary/aromatic N) is 2. The van der Waals surface area contributed by atoms with Crippen LogP contribution in [0.4, 0.5) is 5.82 Å². The second kappa shape index (κ2) is 6.34. The number of hydrogen-bond donors (Lipinski definition) is 2. The molecule has 0 amide bonds. The summed E-state index contributed by atoms with van der Waals surface area (Å²) in [6.07, 6.45) is 0. The molecule has 1 aromatic heterocycles. The lowest BCUT2D eigenvalue weighted by Crippen LogP contribution is -2.27.